The van der Waals surface area contributed by atoms with E-state index in [-0.39, 0.29) is 36.8 Å². The van der Waals surface area contributed by atoms with Gasteiger partial charge in [-0.3, -0.25) is 9.59 Å². The van der Waals surface area contributed by atoms with E-state index in [9.17, 15) is 14.4 Å². The second kappa shape index (κ2) is 10.9. The molecule has 5 unspecified atom stereocenters. The molecule has 2 fully saturated rings. The summed E-state index contributed by atoms with van der Waals surface area (Å²) in [6.07, 6.45) is 2.04. The molecule has 5 atom stereocenters. The van der Waals surface area contributed by atoms with Crippen LogP contribution in [0, 0.1) is 17.8 Å². The van der Waals surface area contributed by atoms with Crippen LogP contribution in [-0.2, 0) is 29.3 Å². The molecule has 38 heavy (non-hydrogen) atoms. The number of nitrogens with one attached hydrogen (secondary N) is 1. The van der Waals surface area contributed by atoms with Crippen LogP contribution in [0.15, 0.2) is 18.7 Å². The molecular weight excluding hydrogens is 490 g/mol. The molecule has 1 aromatic rings. The SMILES string of the molecule is C=CC1CC1(NC(=O)C1CC(Oc2cc(C(C)(C)C)nc(OC)n2)CC1C(=O)OC(C)(C)C)C(=O)OCC. The number of ether oxygens (including phenoxy) is 4. The molecule has 2 aliphatic carbocycles. The molecule has 3 rings (SSSR count). The number of carbonyl (C=O) groups excluding carboxylic acids is 3. The fourth-order valence-corrected chi connectivity index (χ4v) is 4.70. The standard InChI is InChI=1S/C28H41N3O7/c1-10-16-15-28(16,24(34)36-11-2)31-22(32)18-12-17(13-19(18)23(33)38-27(6,7)8)37-21-14-20(26(3,4)5)29-25(30-21)35-9/h10,14,16-19H,1,11-13,15H2,2-9H3,(H,31,32). The number of methoxy groups -OCH3 is 1. The third-order valence-electron chi connectivity index (χ3n) is 6.77. The van der Waals surface area contributed by atoms with Crippen LogP contribution < -0.4 is 14.8 Å². The van der Waals surface area contributed by atoms with Crippen molar-refractivity contribution in [2.45, 2.75) is 90.4 Å². The van der Waals surface area contributed by atoms with Gasteiger partial charge in [-0.05, 0) is 47.0 Å². The summed E-state index contributed by atoms with van der Waals surface area (Å²) in [5, 5.41) is 2.88. The van der Waals surface area contributed by atoms with Crippen LogP contribution in [0.3, 0.4) is 0 Å². The monoisotopic (exact) mass is 531 g/mol. The van der Waals surface area contributed by atoms with E-state index < -0.39 is 46.9 Å². The lowest BCUT2D eigenvalue weighted by molar-refractivity contribution is -0.163. The van der Waals surface area contributed by atoms with Crippen LogP contribution in [0.4, 0.5) is 0 Å². The number of carbonyl (C=O) groups is 3. The van der Waals surface area contributed by atoms with E-state index in [4.69, 9.17) is 18.9 Å². The lowest BCUT2D eigenvalue weighted by atomic mass is 9.92. The normalized spacial score (nSPS) is 26.7. The van der Waals surface area contributed by atoms with Gasteiger partial charge in [0.1, 0.15) is 17.2 Å². The highest BCUT2D eigenvalue weighted by molar-refractivity contribution is 5.94. The van der Waals surface area contributed by atoms with Gasteiger partial charge in [0.05, 0.1) is 31.2 Å². The van der Waals surface area contributed by atoms with Crippen molar-refractivity contribution in [3.63, 3.8) is 0 Å². The largest absolute Gasteiger partial charge is 0.474 e. The summed E-state index contributed by atoms with van der Waals surface area (Å²) in [6, 6.07) is 1.91. The summed E-state index contributed by atoms with van der Waals surface area (Å²) in [6.45, 7) is 17.0. The molecule has 210 valence electrons. The van der Waals surface area contributed by atoms with Gasteiger partial charge in [-0.15, -0.1) is 6.58 Å². The summed E-state index contributed by atoms with van der Waals surface area (Å²) in [5.41, 5.74) is -1.43. The van der Waals surface area contributed by atoms with E-state index in [1.165, 1.54) is 7.11 Å². The fourth-order valence-electron chi connectivity index (χ4n) is 4.70. The molecule has 0 radical (unpaired) electrons. The van der Waals surface area contributed by atoms with Crippen molar-refractivity contribution in [2.75, 3.05) is 13.7 Å². The number of rotatable bonds is 9. The average molecular weight is 532 g/mol. The minimum absolute atomic E-state index is 0.170. The zero-order valence-corrected chi connectivity index (χ0v) is 23.8. The molecule has 2 aliphatic rings. The highest BCUT2D eigenvalue weighted by atomic mass is 16.6. The Bertz CT molecular complexity index is 1080. The van der Waals surface area contributed by atoms with Crippen LogP contribution in [0.2, 0.25) is 0 Å². The first-order valence-corrected chi connectivity index (χ1v) is 13.1. The Kier molecular flexibility index (Phi) is 8.43. The Labute approximate surface area is 224 Å². The van der Waals surface area contributed by atoms with Gasteiger partial charge in [0.15, 0.2) is 0 Å². The van der Waals surface area contributed by atoms with Gasteiger partial charge < -0.3 is 24.3 Å². The quantitative estimate of drug-likeness (QED) is 0.376. The van der Waals surface area contributed by atoms with Crippen molar-refractivity contribution >= 4 is 17.8 Å². The molecule has 0 spiro atoms. The molecular formula is C28H41N3O7. The van der Waals surface area contributed by atoms with E-state index >= 15 is 0 Å². The summed E-state index contributed by atoms with van der Waals surface area (Å²) < 4.78 is 22.3. The lowest BCUT2D eigenvalue weighted by Gasteiger charge is -2.25. The first-order chi connectivity index (χ1) is 17.6. The summed E-state index contributed by atoms with van der Waals surface area (Å²) in [5.74, 6) is -2.86. The lowest BCUT2D eigenvalue weighted by Crippen LogP contribution is -2.49. The van der Waals surface area contributed by atoms with Crippen LogP contribution in [0.25, 0.3) is 0 Å². The molecule has 1 N–H and O–H groups in total. The molecule has 2 saturated carbocycles. The Balaban J connectivity index is 1.86. The molecule has 10 nitrogen and oxygen atoms in total. The van der Waals surface area contributed by atoms with E-state index in [2.05, 4.69) is 21.9 Å². The number of nitrogens with zero attached hydrogens (tertiary/aromatic N) is 2. The smallest absolute Gasteiger partial charge is 0.332 e. The van der Waals surface area contributed by atoms with Gasteiger partial charge in [-0.1, -0.05) is 26.8 Å². The average Bonchev–Trinajstić information content (AvgIpc) is 3.36. The Hall–Kier alpha value is -3.17. The maximum absolute atomic E-state index is 13.6. The van der Waals surface area contributed by atoms with Gasteiger partial charge in [-0.2, -0.15) is 9.97 Å². The van der Waals surface area contributed by atoms with Gasteiger partial charge in [0.25, 0.3) is 0 Å². The highest BCUT2D eigenvalue weighted by Crippen LogP contribution is 2.46. The molecule has 1 amide bonds. The van der Waals surface area contributed by atoms with E-state index in [1.54, 1.807) is 39.8 Å². The van der Waals surface area contributed by atoms with E-state index in [1.807, 2.05) is 20.8 Å². The van der Waals surface area contributed by atoms with E-state index in [0.717, 1.165) is 5.69 Å². The Morgan fingerprint density at radius 2 is 1.79 bits per heavy atom. The minimum atomic E-state index is -1.16. The Morgan fingerprint density at radius 3 is 2.32 bits per heavy atom. The summed E-state index contributed by atoms with van der Waals surface area (Å²) in [7, 11) is 1.48. The topological polar surface area (TPSA) is 126 Å². The summed E-state index contributed by atoms with van der Waals surface area (Å²) >= 11 is 0. The predicted octanol–water partition coefficient (Wildman–Crippen LogP) is 3.52. The number of esters is 2. The first kappa shape index (κ1) is 29.4. The van der Waals surface area contributed by atoms with Crippen molar-refractivity contribution < 1.29 is 33.3 Å². The third-order valence-corrected chi connectivity index (χ3v) is 6.77. The molecule has 1 heterocycles. The maximum Gasteiger partial charge on any atom is 0.332 e. The number of aromatic nitrogens is 2. The molecule has 0 aliphatic heterocycles. The maximum atomic E-state index is 13.6. The zero-order chi connectivity index (χ0) is 28.5. The van der Waals surface area contributed by atoms with E-state index in [0.29, 0.717) is 12.3 Å². The van der Waals surface area contributed by atoms with Gasteiger partial charge in [0.2, 0.25) is 11.8 Å². The molecule has 1 aromatic heterocycles. The van der Waals surface area contributed by atoms with Crippen molar-refractivity contribution in [3.05, 3.63) is 24.4 Å². The second-order valence-electron chi connectivity index (χ2n) is 12.0. The van der Waals surface area contributed by atoms with Crippen LogP contribution >= 0.6 is 0 Å². The number of amides is 1. The molecule has 0 saturated heterocycles. The van der Waals surface area contributed by atoms with Crippen molar-refractivity contribution in [2.24, 2.45) is 17.8 Å². The van der Waals surface area contributed by atoms with Crippen molar-refractivity contribution in [1.82, 2.24) is 15.3 Å². The highest BCUT2D eigenvalue weighted by Gasteiger charge is 2.62. The van der Waals surface area contributed by atoms with Crippen molar-refractivity contribution in [3.8, 4) is 11.9 Å². The Morgan fingerprint density at radius 1 is 1.13 bits per heavy atom. The molecule has 10 heteroatoms. The van der Waals surface area contributed by atoms with Crippen LogP contribution in [-0.4, -0.2) is 58.8 Å². The third kappa shape index (κ3) is 6.63. The predicted molar refractivity (Wildman–Crippen MR) is 140 cm³/mol. The van der Waals surface area contributed by atoms with Gasteiger partial charge in [0, 0.05) is 17.4 Å². The van der Waals surface area contributed by atoms with Crippen LogP contribution in [0.1, 0.15) is 73.4 Å². The second-order valence-corrected chi connectivity index (χ2v) is 12.0. The van der Waals surface area contributed by atoms with Crippen LogP contribution in [0.5, 0.6) is 11.9 Å². The summed E-state index contributed by atoms with van der Waals surface area (Å²) in [4.78, 5) is 48.2. The first-order valence-electron chi connectivity index (χ1n) is 13.1. The number of hydrogen-bond donors (Lipinski definition) is 1. The molecule has 0 aromatic carbocycles. The molecule has 0 bridgehead atoms. The minimum Gasteiger partial charge on any atom is -0.474 e. The zero-order valence-electron chi connectivity index (χ0n) is 23.8. The van der Waals surface area contributed by atoms with Gasteiger partial charge >= 0.3 is 17.9 Å². The van der Waals surface area contributed by atoms with Gasteiger partial charge in [-0.25, -0.2) is 4.79 Å². The number of hydrogen-bond acceptors (Lipinski definition) is 9. The fraction of sp³-hybridized carbons (Fsp3) is 0.679. The van der Waals surface area contributed by atoms with Crippen molar-refractivity contribution in [1.29, 1.82) is 0 Å².